The van der Waals surface area contributed by atoms with E-state index >= 15 is 0 Å². The second-order valence-corrected chi connectivity index (χ2v) is 37.7. The van der Waals surface area contributed by atoms with Crippen molar-refractivity contribution in [2.24, 2.45) is 0 Å². The van der Waals surface area contributed by atoms with Crippen molar-refractivity contribution in [2.75, 3.05) is 143 Å². The van der Waals surface area contributed by atoms with Crippen molar-refractivity contribution in [1.82, 2.24) is 107 Å². The highest BCUT2D eigenvalue weighted by atomic mass is 32.2. The molecule has 20 amide bonds. The van der Waals surface area contributed by atoms with E-state index in [4.69, 9.17) is 5.11 Å². The van der Waals surface area contributed by atoms with Gasteiger partial charge >= 0.3 is 5.97 Å². The molecule has 13 fully saturated rings. The Balaban J connectivity index is 0.537. The predicted octanol–water partition coefficient (Wildman–Crippen LogP) is -12.4. The summed E-state index contributed by atoms with van der Waals surface area (Å²) in [4.78, 5) is 303. The first-order chi connectivity index (χ1) is 64.0. The van der Waals surface area contributed by atoms with E-state index in [0.29, 0.717) is 63.7 Å². The van der Waals surface area contributed by atoms with Crippen molar-refractivity contribution in [1.29, 1.82) is 0 Å². The summed E-state index contributed by atoms with van der Waals surface area (Å²) < 4.78 is 0. The summed E-state index contributed by atoms with van der Waals surface area (Å²) in [5.74, 6) is -14.9. The molecule has 0 radical (unpaired) electrons. The fraction of sp³-hybridized carbons (Fsp3) is 0.750. The van der Waals surface area contributed by atoms with Crippen molar-refractivity contribution in [2.45, 2.75) is 256 Å². The Morgan fingerprint density at radius 1 is 0.291 bits per heavy atom. The molecule has 134 heavy (non-hydrogen) atoms. The molecule has 0 unspecified atom stereocenters. The van der Waals surface area contributed by atoms with Gasteiger partial charge in [-0.2, -0.15) is 11.8 Å². The van der Waals surface area contributed by atoms with Gasteiger partial charge in [0.1, 0.15) is 85.1 Å². The summed E-state index contributed by atoms with van der Waals surface area (Å²) in [5.41, 5.74) is 0. The quantitative estimate of drug-likeness (QED) is 0.0297. The van der Waals surface area contributed by atoms with Gasteiger partial charge in [-0.1, -0.05) is 0 Å². The van der Waals surface area contributed by atoms with Gasteiger partial charge in [-0.05, 0) is 115 Å². The number of aliphatic carboxylic acids is 1. The van der Waals surface area contributed by atoms with Gasteiger partial charge < -0.3 is 142 Å². The highest BCUT2D eigenvalue weighted by Crippen LogP contribution is 2.34. The normalized spacial score (nSPS) is 29.7. The van der Waals surface area contributed by atoms with E-state index in [1.807, 2.05) is 6.26 Å². The van der Waals surface area contributed by atoms with Gasteiger partial charge in [-0.15, -0.1) is 0 Å². The predicted molar refractivity (Wildman–Crippen MR) is 460 cm³/mol. The molecule has 13 heterocycles. The molecule has 13 saturated heterocycles. The first kappa shape index (κ1) is 100. The molecule has 0 spiro atoms. The third kappa shape index (κ3) is 23.0. The molecule has 50 heteroatoms. The molecular weight excluding hydrogens is 1780 g/mol. The fourth-order valence-corrected chi connectivity index (χ4v) is 21.7. The highest BCUT2D eigenvalue weighted by Gasteiger charge is 2.54. The molecule has 20 atom stereocenters. The van der Waals surface area contributed by atoms with Crippen LogP contribution in [0.1, 0.15) is 135 Å². The molecule has 0 aromatic carbocycles. The molecule has 0 aromatic rings. The van der Waals surface area contributed by atoms with Gasteiger partial charge in [-0.3, -0.25) is 101 Å². The van der Waals surface area contributed by atoms with Gasteiger partial charge in [0.15, 0.2) is 0 Å². The van der Waals surface area contributed by atoms with Crippen LogP contribution < -0.4 is 47.9 Å². The van der Waals surface area contributed by atoms with Crippen LogP contribution in [0.4, 0.5) is 0 Å². The third-order valence-electron chi connectivity index (χ3n) is 27.9. The monoisotopic (exact) mass is 1910 g/mol. The average molecular weight is 1910 g/mol. The zero-order chi connectivity index (χ0) is 96.4. The maximum absolute atomic E-state index is 14.5. The first-order valence-corrected chi connectivity index (χ1v) is 47.8. The average Bonchev–Trinajstić information content (AvgIpc) is 1.66. The Bertz CT molecular complexity index is 4490. The second kappa shape index (κ2) is 44.6. The third-order valence-corrected chi connectivity index (χ3v) is 28.5. The van der Waals surface area contributed by atoms with Crippen molar-refractivity contribution in [3.05, 3.63) is 0 Å². The minimum absolute atomic E-state index is 0.0313. The lowest BCUT2D eigenvalue weighted by Crippen LogP contribution is -2.57. The number of thioether (sulfide) groups is 1. The Hall–Kier alpha value is -11.1. The van der Waals surface area contributed by atoms with Crippen molar-refractivity contribution in [3.8, 4) is 0 Å². The molecule has 738 valence electrons. The zero-order valence-electron chi connectivity index (χ0n) is 74.7. The molecule has 0 bridgehead atoms. The van der Waals surface area contributed by atoms with E-state index in [-0.39, 0.29) is 161 Å². The van der Waals surface area contributed by atoms with Crippen LogP contribution in [-0.4, -0.2) is 483 Å². The number of β-amino-alcohol motifs (C(OH)–C–C–N with tert-alkyl or cyclic N) is 6. The lowest BCUT2D eigenvalue weighted by molar-refractivity contribution is -0.148. The van der Waals surface area contributed by atoms with Gasteiger partial charge in [0.05, 0.1) is 81.9 Å². The van der Waals surface area contributed by atoms with E-state index in [1.165, 1.54) is 41.2 Å². The van der Waals surface area contributed by atoms with Gasteiger partial charge in [0, 0.05) is 117 Å². The maximum Gasteiger partial charge on any atom is 0.322 e. The summed E-state index contributed by atoms with van der Waals surface area (Å²) >= 11 is 1.48. The number of hydrogen-bond acceptors (Lipinski definition) is 29. The lowest BCUT2D eigenvalue weighted by Gasteiger charge is -2.32. The number of hydrogen-bond donors (Lipinski definition) is 16. The number of amides is 20. The minimum Gasteiger partial charge on any atom is -0.480 e. The summed E-state index contributed by atoms with van der Waals surface area (Å²) in [6.45, 7) is -5.27. The number of aliphatic hydroxyl groups is 6. The van der Waals surface area contributed by atoms with Crippen LogP contribution in [0.25, 0.3) is 0 Å². The van der Waals surface area contributed by atoms with Crippen molar-refractivity contribution in [3.63, 3.8) is 0 Å². The number of carbonyl (C=O) groups is 21. The van der Waals surface area contributed by atoms with E-state index in [9.17, 15) is 131 Å². The smallest absolute Gasteiger partial charge is 0.322 e. The number of nitrogens with zero attached hydrogens (tertiary/aromatic N) is 12. The fourth-order valence-electron chi connectivity index (χ4n) is 21.2. The molecule has 16 N–H and O–H groups in total. The van der Waals surface area contributed by atoms with Crippen LogP contribution in [-0.2, 0) is 101 Å². The highest BCUT2D eigenvalue weighted by molar-refractivity contribution is 7.98. The van der Waals surface area contributed by atoms with Crippen LogP contribution in [0.2, 0.25) is 0 Å². The Morgan fingerprint density at radius 3 is 0.724 bits per heavy atom. The minimum atomic E-state index is -1.35. The zero-order valence-corrected chi connectivity index (χ0v) is 75.5. The summed E-state index contributed by atoms with van der Waals surface area (Å²) in [5, 5.41) is 97.1. The summed E-state index contributed by atoms with van der Waals surface area (Å²) in [6, 6.07) is -15.9. The SMILES string of the molecule is CSCC[C@H](NC(=O)[C@@H]1CCCN1)C(=O)NCC(=O)N1CCC[C@H]1C(=O)N1C[C@H](O)C[C@H]1C(=O)NCC(=O)N1CCC[C@H]1C(=O)N1C[C@H](O)C[C@H]1C(=O)NCC(=O)N1CCC[C@H]1C(=O)N1C[C@H](O)C[C@H]1C(=O)NCC(=O)N1CCC[C@H]1C(=O)N1C[C@H](O)C[C@H]1C(=O)NCC(=O)N1CCC[C@H]1C(=O)N1C[C@H](O)C[C@H]1C(=O)NCC(=O)N1CCC[C@H]1C(=O)N1C[C@H](O)C[C@H]1C(=O)NCC(=O)O. The largest absolute Gasteiger partial charge is 0.480 e. The lowest BCUT2D eigenvalue weighted by atomic mass is 10.1. The molecule has 13 rings (SSSR count). The van der Waals surface area contributed by atoms with E-state index in [1.54, 1.807) is 0 Å². The van der Waals surface area contributed by atoms with E-state index < -0.39 is 285 Å². The van der Waals surface area contributed by atoms with Crippen LogP contribution >= 0.6 is 11.8 Å². The Morgan fingerprint density at radius 2 is 0.515 bits per heavy atom. The van der Waals surface area contributed by atoms with Crippen molar-refractivity contribution < 1.29 is 136 Å². The molecule has 0 aliphatic carbocycles. The van der Waals surface area contributed by atoms with Crippen LogP contribution in [0, 0.1) is 0 Å². The molecule has 0 saturated carbocycles. The molecule has 13 aliphatic heterocycles. The molecule has 0 aromatic heterocycles. The Kier molecular flexibility index (Phi) is 33.4. The number of carboxylic acids is 1. The van der Waals surface area contributed by atoms with Crippen molar-refractivity contribution >= 4 is 136 Å². The standard InChI is InChI=1S/C84H123N21O28S/c1-134-24-16-51(93-72(121)50-9-2-17-85-50)71(120)86-31-64(112)94-18-3-10-52(94)79(128)100-38-44(106)25-58(100)73(122)87-32-65(113)95-19-4-11-53(95)80(129)101-39-45(107)26-59(101)74(123)88-33-66(114)96-20-5-12-54(96)81(130)102-40-46(108)27-60(102)75(124)89-34-67(115)97-21-6-13-55(97)82(131)103-41-47(109)28-61(103)76(125)90-35-68(116)98-22-7-14-56(98)83(132)104-42-48(110)29-62(104)77(126)91-36-69(117)99-23-8-15-57(99)84(133)105-43-49(111)30-63(105)78(127)92-37-70(118)119/h44-63,85,106-111H,2-43H2,1H3,(H,86,120)(H,87,122)(H,88,123)(H,89,124)(H,90,125)(H,91,126)(H,92,127)(H,93,121)(H,118,119)/t44-,45-,46-,47-,48-,49-,50+,51+,52+,53+,54+,55+,56+,57+,58+,59+,60+,61+,62+,63+/m1/s1. The number of carbonyl (C=O) groups excluding carboxylic acids is 20. The van der Waals surface area contributed by atoms with Crippen LogP contribution in [0.3, 0.4) is 0 Å². The van der Waals surface area contributed by atoms with Crippen LogP contribution in [0.5, 0.6) is 0 Å². The number of carboxylic acid groups (broad SMARTS) is 1. The number of aliphatic hydroxyl groups excluding tert-OH is 6. The van der Waals surface area contributed by atoms with Gasteiger partial charge in [-0.25, -0.2) is 0 Å². The number of likely N-dealkylation sites (tertiary alicyclic amines) is 12. The number of rotatable bonds is 32. The Labute approximate surface area is 774 Å². The maximum atomic E-state index is 14.5. The van der Waals surface area contributed by atoms with Gasteiger partial charge in [0.2, 0.25) is 118 Å². The molecule has 49 nitrogen and oxygen atoms in total. The van der Waals surface area contributed by atoms with E-state index in [0.717, 1.165) is 35.8 Å². The van der Waals surface area contributed by atoms with Gasteiger partial charge in [0.25, 0.3) is 0 Å². The summed E-state index contributed by atoms with van der Waals surface area (Å²) in [7, 11) is 0. The molecular formula is C84H123N21O28S. The van der Waals surface area contributed by atoms with E-state index in [2.05, 4.69) is 47.9 Å². The molecule has 13 aliphatic rings. The first-order valence-electron chi connectivity index (χ1n) is 46.4. The van der Waals surface area contributed by atoms with Crippen LogP contribution in [0.15, 0.2) is 0 Å². The summed E-state index contributed by atoms with van der Waals surface area (Å²) in [6.07, 6.45) is -1.91. The second-order valence-electron chi connectivity index (χ2n) is 36.8. The number of nitrogens with one attached hydrogen (secondary N) is 9. The topological polar surface area (TPSA) is 647 Å².